The van der Waals surface area contributed by atoms with E-state index in [2.05, 4.69) is 31.1 Å². The Morgan fingerprint density at radius 1 is 1.45 bits per heavy atom. The lowest BCUT2D eigenvalue weighted by Crippen LogP contribution is -2.53. The van der Waals surface area contributed by atoms with Gasteiger partial charge in [0.25, 0.3) is 5.56 Å². The minimum Gasteiger partial charge on any atom is -0.379 e. The number of carbonyl (C=O) groups excluding carboxylic acids is 1. The lowest BCUT2D eigenvalue weighted by atomic mass is 10.0. The van der Waals surface area contributed by atoms with Crippen LogP contribution in [0.2, 0.25) is 0 Å². The van der Waals surface area contributed by atoms with Crippen molar-refractivity contribution < 1.29 is 9.53 Å². The summed E-state index contributed by atoms with van der Waals surface area (Å²) >= 11 is 3.22. The fourth-order valence-corrected chi connectivity index (χ4v) is 2.98. The first-order chi connectivity index (χ1) is 10.4. The van der Waals surface area contributed by atoms with E-state index in [0.29, 0.717) is 10.0 Å². The van der Waals surface area contributed by atoms with E-state index in [-0.39, 0.29) is 23.4 Å². The highest BCUT2D eigenvalue weighted by Crippen LogP contribution is 2.13. The Balaban J connectivity index is 1.92. The van der Waals surface area contributed by atoms with Crippen molar-refractivity contribution in [1.29, 1.82) is 0 Å². The molecule has 1 fully saturated rings. The zero-order chi connectivity index (χ0) is 16.2. The van der Waals surface area contributed by atoms with Gasteiger partial charge in [0.15, 0.2) is 0 Å². The van der Waals surface area contributed by atoms with Gasteiger partial charge in [-0.05, 0) is 41.4 Å². The van der Waals surface area contributed by atoms with E-state index < -0.39 is 0 Å². The number of pyridine rings is 1. The van der Waals surface area contributed by atoms with E-state index in [1.807, 2.05) is 13.8 Å². The number of hydrogen-bond acceptors (Lipinski definition) is 4. The highest BCUT2D eigenvalue weighted by Gasteiger charge is 2.25. The second-order valence-corrected chi connectivity index (χ2v) is 6.94. The van der Waals surface area contributed by atoms with E-state index >= 15 is 0 Å². The molecule has 0 spiro atoms. The van der Waals surface area contributed by atoms with Crippen molar-refractivity contribution in [1.82, 2.24) is 15.2 Å². The first-order valence-electron chi connectivity index (χ1n) is 7.34. The second kappa shape index (κ2) is 7.39. The fraction of sp³-hybridized carbons (Fsp3) is 0.600. The van der Waals surface area contributed by atoms with Crippen LogP contribution >= 0.6 is 15.9 Å². The molecule has 0 saturated carbocycles. The molecule has 2 N–H and O–H groups in total. The maximum Gasteiger partial charge on any atom is 0.262 e. The molecule has 0 atom stereocenters. The normalized spacial score (nSPS) is 16.5. The van der Waals surface area contributed by atoms with E-state index in [1.54, 1.807) is 12.3 Å². The Morgan fingerprint density at radius 2 is 2.14 bits per heavy atom. The van der Waals surface area contributed by atoms with Crippen LogP contribution in [0, 0.1) is 0 Å². The van der Waals surface area contributed by atoms with Gasteiger partial charge in [-0.3, -0.25) is 14.5 Å². The third kappa shape index (κ3) is 4.93. The van der Waals surface area contributed by atoms with Gasteiger partial charge < -0.3 is 15.0 Å². The van der Waals surface area contributed by atoms with Crippen LogP contribution < -0.4 is 10.9 Å². The maximum atomic E-state index is 12.2. The van der Waals surface area contributed by atoms with Gasteiger partial charge in [0.05, 0.1) is 24.1 Å². The number of halogens is 1. The third-order valence-corrected chi connectivity index (χ3v) is 4.40. The van der Waals surface area contributed by atoms with Crippen LogP contribution in [-0.2, 0) is 16.0 Å². The quantitative estimate of drug-likeness (QED) is 0.806. The van der Waals surface area contributed by atoms with Crippen LogP contribution in [0.1, 0.15) is 19.4 Å². The summed E-state index contributed by atoms with van der Waals surface area (Å²) in [4.78, 5) is 28.6. The van der Waals surface area contributed by atoms with Crippen LogP contribution in [0.4, 0.5) is 0 Å². The Labute approximate surface area is 138 Å². The minimum atomic E-state index is -0.331. The van der Waals surface area contributed by atoms with Gasteiger partial charge in [-0.1, -0.05) is 0 Å². The Bertz CT molecular complexity index is 580. The van der Waals surface area contributed by atoms with E-state index in [9.17, 15) is 9.59 Å². The van der Waals surface area contributed by atoms with Gasteiger partial charge in [0.1, 0.15) is 0 Å². The average Bonchev–Trinajstić information content (AvgIpc) is 2.43. The predicted molar refractivity (Wildman–Crippen MR) is 87.9 cm³/mol. The SMILES string of the molecule is CC(C)(CN1CCOCC1)NC(=O)Cc1cc[nH]c(=O)c1Br. The molecule has 7 heteroatoms. The number of nitrogens with one attached hydrogen (secondary N) is 2. The third-order valence-electron chi connectivity index (χ3n) is 3.53. The van der Waals surface area contributed by atoms with Crippen molar-refractivity contribution in [3.05, 3.63) is 32.7 Å². The molecule has 122 valence electrons. The van der Waals surface area contributed by atoms with Crippen LogP contribution in [0.25, 0.3) is 0 Å². The smallest absolute Gasteiger partial charge is 0.262 e. The van der Waals surface area contributed by atoms with Crippen molar-refractivity contribution in [3.63, 3.8) is 0 Å². The van der Waals surface area contributed by atoms with Crippen molar-refractivity contribution >= 4 is 21.8 Å². The van der Waals surface area contributed by atoms with Crippen LogP contribution in [0.5, 0.6) is 0 Å². The second-order valence-electron chi connectivity index (χ2n) is 6.14. The summed E-state index contributed by atoms with van der Waals surface area (Å²) in [6, 6.07) is 1.74. The van der Waals surface area contributed by atoms with Crippen LogP contribution in [0.3, 0.4) is 0 Å². The standard InChI is InChI=1S/C15H22BrN3O3/c1-15(2,10-19-5-7-22-8-6-19)18-12(20)9-11-3-4-17-14(21)13(11)16/h3-4H,5-10H2,1-2H3,(H,17,21)(H,18,20). The summed E-state index contributed by atoms with van der Waals surface area (Å²) in [5.74, 6) is -0.0930. The van der Waals surface area contributed by atoms with Gasteiger partial charge in [0, 0.05) is 31.4 Å². The molecule has 1 aliphatic heterocycles. The fourth-order valence-electron chi connectivity index (χ4n) is 2.59. The van der Waals surface area contributed by atoms with Crippen molar-refractivity contribution in [2.45, 2.75) is 25.8 Å². The van der Waals surface area contributed by atoms with Crippen molar-refractivity contribution in [2.75, 3.05) is 32.8 Å². The molecule has 22 heavy (non-hydrogen) atoms. The molecule has 1 saturated heterocycles. The van der Waals surface area contributed by atoms with Gasteiger partial charge in [-0.25, -0.2) is 0 Å². The predicted octanol–water partition coefficient (Wildman–Crippen LogP) is 0.907. The molecule has 2 heterocycles. The monoisotopic (exact) mass is 371 g/mol. The molecule has 0 unspecified atom stereocenters. The summed E-state index contributed by atoms with van der Waals surface area (Å²) in [7, 11) is 0. The zero-order valence-electron chi connectivity index (χ0n) is 12.9. The van der Waals surface area contributed by atoms with Crippen molar-refractivity contribution in [2.24, 2.45) is 0 Å². The number of aromatic nitrogens is 1. The molecular weight excluding hydrogens is 350 g/mol. The largest absolute Gasteiger partial charge is 0.379 e. The molecule has 1 aliphatic rings. The molecule has 1 amide bonds. The molecule has 0 radical (unpaired) electrons. The van der Waals surface area contributed by atoms with Gasteiger partial charge in [-0.15, -0.1) is 0 Å². The number of rotatable bonds is 5. The van der Waals surface area contributed by atoms with Gasteiger partial charge >= 0.3 is 0 Å². The minimum absolute atomic E-state index is 0.0930. The summed E-state index contributed by atoms with van der Waals surface area (Å²) in [5.41, 5.74) is 0.128. The number of carbonyl (C=O) groups is 1. The number of H-pyrrole nitrogens is 1. The molecular formula is C15H22BrN3O3. The van der Waals surface area contributed by atoms with Crippen molar-refractivity contribution in [3.8, 4) is 0 Å². The number of aromatic amines is 1. The number of amides is 1. The lowest BCUT2D eigenvalue weighted by Gasteiger charge is -2.35. The Kier molecular flexibility index (Phi) is 5.77. The number of nitrogens with zero attached hydrogens (tertiary/aromatic N) is 1. The molecule has 0 bridgehead atoms. The Hall–Kier alpha value is -1.18. The summed E-state index contributed by atoms with van der Waals surface area (Å²) in [6.45, 7) is 8.05. The van der Waals surface area contributed by atoms with Gasteiger partial charge in [-0.2, -0.15) is 0 Å². The molecule has 6 nitrogen and oxygen atoms in total. The zero-order valence-corrected chi connectivity index (χ0v) is 14.5. The topological polar surface area (TPSA) is 74.4 Å². The van der Waals surface area contributed by atoms with Gasteiger partial charge in [0.2, 0.25) is 5.91 Å². The molecule has 1 aromatic heterocycles. The highest BCUT2D eigenvalue weighted by atomic mass is 79.9. The average molecular weight is 372 g/mol. The maximum absolute atomic E-state index is 12.2. The summed E-state index contributed by atoms with van der Waals surface area (Å²) < 4.78 is 5.74. The molecule has 1 aromatic rings. The van der Waals surface area contributed by atoms with E-state index in [4.69, 9.17) is 4.74 Å². The number of morpholine rings is 1. The summed E-state index contributed by atoms with van der Waals surface area (Å²) in [5, 5.41) is 3.04. The molecule has 0 aliphatic carbocycles. The van der Waals surface area contributed by atoms with E-state index in [1.165, 1.54) is 0 Å². The van der Waals surface area contributed by atoms with Crippen LogP contribution in [-0.4, -0.2) is 54.2 Å². The first kappa shape index (κ1) is 17.2. The van der Waals surface area contributed by atoms with Crippen LogP contribution in [0.15, 0.2) is 21.5 Å². The number of hydrogen-bond donors (Lipinski definition) is 2. The molecule has 2 rings (SSSR count). The Morgan fingerprint density at radius 3 is 2.82 bits per heavy atom. The molecule has 0 aromatic carbocycles. The summed E-state index contributed by atoms with van der Waals surface area (Å²) in [6.07, 6.45) is 1.73. The number of ether oxygens (including phenoxy) is 1. The van der Waals surface area contributed by atoms with E-state index in [0.717, 1.165) is 32.8 Å². The first-order valence-corrected chi connectivity index (χ1v) is 8.14. The lowest BCUT2D eigenvalue weighted by molar-refractivity contribution is -0.122. The highest BCUT2D eigenvalue weighted by molar-refractivity contribution is 9.10.